The maximum atomic E-state index is 15.4. The Labute approximate surface area is 215 Å². The molecule has 10 heteroatoms. The molecule has 3 rings (SSSR count). The fourth-order valence-corrected chi connectivity index (χ4v) is 5.03. The van der Waals surface area contributed by atoms with Crippen molar-refractivity contribution < 1.29 is 19.4 Å². The van der Waals surface area contributed by atoms with E-state index >= 15 is 4.39 Å². The Hall–Kier alpha value is -1.81. The number of aromatic nitrogens is 1. The van der Waals surface area contributed by atoms with Crippen molar-refractivity contribution >= 4 is 29.1 Å². The molecular weight excluding hydrogens is 494 g/mol. The molecule has 0 saturated carbocycles. The van der Waals surface area contributed by atoms with E-state index in [4.69, 9.17) is 34.0 Å². The first-order valence-electron chi connectivity index (χ1n) is 11.6. The maximum Gasteiger partial charge on any atom is 0.237 e. The minimum Gasteiger partial charge on any atom is -0.394 e. The SMILES string of the molecule is CC(C)(C)CC1NC(C(=O)NCCC(O)CO)C(c2cccc(Cl)c2F)C1(N)c1ccc(Cl)cn1. The van der Waals surface area contributed by atoms with Gasteiger partial charge < -0.3 is 26.6 Å². The van der Waals surface area contributed by atoms with E-state index in [2.05, 4.69) is 36.4 Å². The summed E-state index contributed by atoms with van der Waals surface area (Å²) in [6.45, 7) is 5.90. The Morgan fingerprint density at radius 2 is 2.03 bits per heavy atom. The summed E-state index contributed by atoms with van der Waals surface area (Å²) >= 11 is 12.2. The van der Waals surface area contributed by atoms with Gasteiger partial charge in [0.25, 0.3) is 0 Å². The van der Waals surface area contributed by atoms with Crippen LogP contribution in [0, 0.1) is 11.2 Å². The molecule has 0 spiro atoms. The quantitative estimate of drug-likeness (QED) is 0.360. The zero-order chi connectivity index (χ0) is 26.0. The number of carbonyl (C=O) groups excluding carboxylic acids is 1. The number of nitrogens with one attached hydrogen (secondary N) is 2. The Balaban J connectivity index is 2.12. The summed E-state index contributed by atoms with van der Waals surface area (Å²) in [6, 6.07) is 6.66. The number of nitrogens with two attached hydrogens (primary N) is 1. The summed E-state index contributed by atoms with van der Waals surface area (Å²) in [6.07, 6.45) is 1.27. The fraction of sp³-hybridized carbons (Fsp3) is 0.520. The molecule has 35 heavy (non-hydrogen) atoms. The van der Waals surface area contributed by atoms with Crippen LogP contribution in [0.4, 0.5) is 4.39 Å². The lowest BCUT2D eigenvalue weighted by atomic mass is 9.70. The van der Waals surface area contributed by atoms with Crippen molar-refractivity contribution in [3.05, 3.63) is 63.6 Å². The van der Waals surface area contributed by atoms with E-state index in [1.807, 2.05) is 0 Å². The molecule has 192 valence electrons. The zero-order valence-corrected chi connectivity index (χ0v) is 21.6. The first kappa shape index (κ1) is 27.8. The number of carbonyl (C=O) groups is 1. The van der Waals surface area contributed by atoms with Crippen molar-refractivity contribution in [1.29, 1.82) is 0 Å². The molecule has 1 aromatic heterocycles. The van der Waals surface area contributed by atoms with Crippen molar-refractivity contribution in [3.63, 3.8) is 0 Å². The van der Waals surface area contributed by atoms with Crippen molar-refractivity contribution in [1.82, 2.24) is 15.6 Å². The van der Waals surface area contributed by atoms with Crippen LogP contribution in [-0.4, -0.2) is 52.4 Å². The van der Waals surface area contributed by atoms with Gasteiger partial charge in [-0.15, -0.1) is 0 Å². The third-order valence-corrected chi connectivity index (χ3v) is 6.89. The highest BCUT2D eigenvalue weighted by Gasteiger charge is 2.58. The van der Waals surface area contributed by atoms with Crippen LogP contribution in [0.2, 0.25) is 10.0 Å². The fourth-order valence-electron chi connectivity index (χ4n) is 4.74. The van der Waals surface area contributed by atoms with E-state index in [1.54, 1.807) is 24.3 Å². The van der Waals surface area contributed by atoms with Gasteiger partial charge in [-0.2, -0.15) is 0 Å². The molecule has 1 aliphatic heterocycles. The molecule has 1 aromatic carbocycles. The van der Waals surface area contributed by atoms with E-state index in [9.17, 15) is 9.90 Å². The van der Waals surface area contributed by atoms with E-state index in [1.165, 1.54) is 12.3 Å². The third kappa shape index (κ3) is 6.13. The van der Waals surface area contributed by atoms with Crippen LogP contribution in [0.15, 0.2) is 36.5 Å². The lowest BCUT2D eigenvalue weighted by Crippen LogP contribution is -2.52. The van der Waals surface area contributed by atoms with Gasteiger partial charge in [-0.3, -0.25) is 9.78 Å². The first-order chi connectivity index (χ1) is 16.4. The number of hydrogen-bond acceptors (Lipinski definition) is 6. The summed E-state index contributed by atoms with van der Waals surface area (Å²) < 4.78 is 15.4. The molecule has 2 aromatic rings. The van der Waals surface area contributed by atoms with Gasteiger partial charge in [0.2, 0.25) is 5.91 Å². The van der Waals surface area contributed by atoms with Gasteiger partial charge in [0, 0.05) is 24.7 Å². The number of aliphatic hydroxyl groups excluding tert-OH is 2. The summed E-state index contributed by atoms with van der Waals surface area (Å²) in [5, 5.41) is 25.2. The lowest BCUT2D eigenvalue weighted by Gasteiger charge is -2.38. The van der Waals surface area contributed by atoms with E-state index in [0.29, 0.717) is 17.1 Å². The minimum atomic E-state index is -1.28. The van der Waals surface area contributed by atoms with Crippen LogP contribution in [-0.2, 0) is 10.3 Å². The van der Waals surface area contributed by atoms with Crippen molar-refractivity contribution in [3.8, 4) is 0 Å². The van der Waals surface area contributed by atoms with Gasteiger partial charge in [0.15, 0.2) is 0 Å². The van der Waals surface area contributed by atoms with Crippen LogP contribution in [0.3, 0.4) is 0 Å². The largest absolute Gasteiger partial charge is 0.394 e. The van der Waals surface area contributed by atoms with Crippen molar-refractivity contribution in [2.24, 2.45) is 11.1 Å². The second-order valence-corrected chi connectivity index (χ2v) is 11.1. The Morgan fingerprint density at radius 1 is 1.31 bits per heavy atom. The maximum absolute atomic E-state index is 15.4. The predicted octanol–water partition coefficient (Wildman–Crippen LogP) is 3.10. The number of rotatable bonds is 8. The Morgan fingerprint density at radius 3 is 2.63 bits per heavy atom. The van der Waals surface area contributed by atoms with Crippen molar-refractivity contribution in [2.75, 3.05) is 13.2 Å². The number of amides is 1. The van der Waals surface area contributed by atoms with Gasteiger partial charge in [-0.1, -0.05) is 56.1 Å². The van der Waals surface area contributed by atoms with Gasteiger partial charge in [0.05, 0.1) is 40.0 Å². The topological polar surface area (TPSA) is 120 Å². The zero-order valence-electron chi connectivity index (χ0n) is 20.1. The highest BCUT2D eigenvalue weighted by atomic mass is 35.5. The monoisotopic (exact) mass is 526 g/mol. The molecule has 2 heterocycles. The van der Waals surface area contributed by atoms with Gasteiger partial charge in [0.1, 0.15) is 5.82 Å². The van der Waals surface area contributed by atoms with Gasteiger partial charge in [-0.25, -0.2) is 4.39 Å². The Bertz CT molecular complexity index is 1030. The van der Waals surface area contributed by atoms with Crippen LogP contribution in [0.5, 0.6) is 0 Å². The molecule has 6 N–H and O–H groups in total. The average Bonchev–Trinajstić information content (AvgIpc) is 3.07. The molecule has 0 bridgehead atoms. The number of aliphatic hydroxyl groups is 2. The highest BCUT2D eigenvalue weighted by Crippen LogP contribution is 2.48. The van der Waals surface area contributed by atoms with Crippen LogP contribution in [0.1, 0.15) is 50.8 Å². The minimum absolute atomic E-state index is 0.0709. The lowest BCUT2D eigenvalue weighted by molar-refractivity contribution is -0.123. The molecule has 0 aliphatic carbocycles. The molecule has 1 saturated heterocycles. The molecule has 1 aliphatic rings. The summed E-state index contributed by atoms with van der Waals surface area (Å²) in [7, 11) is 0. The Kier molecular flexibility index (Phi) is 8.78. The van der Waals surface area contributed by atoms with E-state index in [-0.39, 0.29) is 29.0 Å². The molecule has 7 nitrogen and oxygen atoms in total. The van der Waals surface area contributed by atoms with Crippen LogP contribution < -0.4 is 16.4 Å². The second-order valence-electron chi connectivity index (χ2n) is 10.3. The number of nitrogens with zero attached hydrogens (tertiary/aromatic N) is 1. The standard InChI is InChI=1S/C25H33Cl2FN4O3/c1-24(2,3)11-19-25(29,18-8-7-14(26)12-31-18)20(16-5-4-6-17(27)21(16)28)22(32-19)23(35)30-10-9-15(34)13-33/h4-8,12,15,19-20,22,32-34H,9-11,13,29H2,1-3H3,(H,30,35). The second kappa shape index (κ2) is 11.1. The summed E-state index contributed by atoms with van der Waals surface area (Å²) in [5.41, 5.74) is 6.39. The first-order valence-corrected chi connectivity index (χ1v) is 12.3. The van der Waals surface area contributed by atoms with E-state index < -0.39 is 48.0 Å². The molecule has 1 amide bonds. The summed E-state index contributed by atoms with van der Waals surface area (Å²) in [5.74, 6) is -1.90. The molecule has 1 fully saturated rings. The van der Waals surface area contributed by atoms with Crippen LogP contribution in [0.25, 0.3) is 0 Å². The highest BCUT2D eigenvalue weighted by molar-refractivity contribution is 6.31. The molecular formula is C25H33Cl2FN4O3. The number of halogens is 3. The summed E-state index contributed by atoms with van der Waals surface area (Å²) in [4.78, 5) is 17.9. The average molecular weight is 527 g/mol. The third-order valence-electron chi connectivity index (χ3n) is 6.38. The smallest absolute Gasteiger partial charge is 0.237 e. The van der Waals surface area contributed by atoms with Crippen molar-refractivity contribution in [2.45, 2.75) is 63.3 Å². The number of hydrogen-bond donors (Lipinski definition) is 5. The molecule has 5 atom stereocenters. The van der Waals surface area contributed by atoms with Crippen LogP contribution >= 0.6 is 23.2 Å². The molecule has 5 unspecified atom stereocenters. The van der Waals surface area contributed by atoms with E-state index in [0.717, 1.165) is 0 Å². The number of pyridine rings is 1. The van der Waals surface area contributed by atoms with Gasteiger partial charge >= 0.3 is 0 Å². The normalized spacial score (nSPS) is 25.5. The van der Waals surface area contributed by atoms with Gasteiger partial charge in [-0.05, 0) is 42.0 Å². The number of benzene rings is 1. The predicted molar refractivity (Wildman–Crippen MR) is 135 cm³/mol. The molecule has 0 radical (unpaired) electrons.